The molecule has 0 spiro atoms. The summed E-state index contributed by atoms with van der Waals surface area (Å²) in [6, 6.07) is -0.459. The molecule has 4 nitrogen and oxygen atoms in total. The number of esters is 1. The number of β-lactam (4-membered cyclic amide) rings is 1. The van der Waals surface area contributed by atoms with E-state index < -0.39 is 6.04 Å². The molecule has 0 bridgehead atoms. The molecule has 0 aromatic heterocycles. The molecule has 0 saturated carbocycles. The van der Waals surface area contributed by atoms with Gasteiger partial charge in [0.25, 0.3) is 0 Å². The molecule has 2 rings (SSSR count). The highest BCUT2D eigenvalue weighted by atomic mass is 79.9. The lowest BCUT2D eigenvalue weighted by Crippen LogP contribution is -2.63. The maximum absolute atomic E-state index is 11.6. The van der Waals surface area contributed by atoms with Gasteiger partial charge in [-0.2, -0.15) is 0 Å². The van der Waals surface area contributed by atoms with Crippen molar-refractivity contribution >= 4 is 39.6 Å². The Bertz CT molecular complexity index is 333. The van der Waals surface area contributed by atoms with E-state index in [9.17, 15) is 9.59 Å². The van der Waals surface area contributed by atoms with Gasteiger partial charge in [0, 0.05) is 4.75 Å². The number of nitrogens with zero attached hydrogens (tertiary/aromatic N) is 1. The molecule has 6 heteroatoms. The summed E-state index contributed by atoms with van der Waals surface area (Å²) in [6.45, 7) is 3.93. The maximum Gasteiger partial charge on any atom is 0.330 e. The van der Waals surface area contributed by atoms with Gasteiger partial charge in [0.15, 0.2) is 0 Å². The van der Waals surface area contributed by atoms with Crippen molar-refractivity contribution < 1.29 is 14.3 Å². The zero-order chi connectivity index (χ0) is 11.4. The lowest BCUT2D eigenvalue weighted by atomic mass is 9.98. The predicted molar refractivity (Wildman–Crippen MR) is 60.8 cm³/mol. The number of hydrogen-bond donors (Lipinski definition) is 0. The number of thioether (sulfide) groups is 1. The summed E-state index contributed by atoms with van der Waals surface area (Å²) in [4.78, 5) is 24.7. The SMILES string of the molecule is COC(=O)[C@@H]1N2C(=O)C(Br)[C@H]2SC1(C)C. The highest BCUT2D eigenvalue weighted by Crippen LogP contribution is 2.52. The van der Waals surface area contributed by atoms with Crippen molar-refractivity contribution in [2.75, 3.05) is 7.11 Å². The first-order valence-corrected chi connectivity index (χ1v) is 6.41. The molecule has 0 aromatic rings. The van der Waals surface area contributed by atoms with Crippen molar-refractivity contribution in [2.45, 2.75) is 34.8 Å². The van der Waals surface area contributed by atoms with Gasteiger partial charge in [-0.1, -0.05) is 15.9 Å². The summed E-state index contributed by atoms with van der Waals surface area (Å²) in [7, 11) is 1.35. The van der Waals surface area contributed by atoms with Gasteiger partial charge >= 0.3 is 5.97 Å². The molecule has 1 unspecified atom stereocenters. The van der Waals surface area contributed by atoms with E-state index >= 15 is 0 Å². The largest absolute Gasteiger partial charge is 0.467 e. The highest BCUT2D eigenvalue weighted by molar-refractivity contribution is 9.10. The molecular weight excluding hydrogens is 282 g/mol. The summed E-state index contributed by atoms with van der Waals surface area (Å²) < 4.78 is 4.46. The van der Waals surface area contributed by atoms with Gasteiger partial charge < -0.3 is 9.64 Å². The van der Waals surface area contributed by atoms with E-state index in [1.165, 1.54) is 7.11 Å². The molecule has 0 aliphatic carbocycles. The number of amides is 1. The molecular formula is C9H12BrNO3S. The zero-order valence-corrected chi connectivity index (χ0v) is 11.1. The Morgan fingerprint density at radius 2 is 2.20 bits per heavy atom. The van der Waals surface area contributed by atoms with E-state index in [2.05, 4.69) is 15.9 Å². The van der Waals surface area contributed by atoms with E-state index in [1.54, 1.807) is 16.7 Å². The topological polar surface area (TPSA) is 46.6 Å². The molecule has 84 valence electrons. The molecule has 0 radical (unpaired) electrons. The van der Waals surface area contributed by atoms with E-state index in [-0.39, 0.29) is 26.8 Å². The summed E-state index contributed by atoms with van der Waals surface area (Å²) in [5.74, 6) is -0.351. The van der Waals surface area contributed by atoms with Crippen LogP contribution in [0.15, 0.2) is 0 Å². The molecule has 0 aromatic carbocycles. The molecule has 2 fully saturated rings. The minimum absolute atomic E-state index is 0.0199. The third-order valence-corrected chi connectivity index (χ3v) is 5.61. The Hall–Kier alpha value is -0.230. The average molecular weight is 294 g/mol. The fourth-order valence-electron chi connectivity index (χ4n) is 2.06. The lowest BCUT2D eigenvalue weighted by Gasteiger charge is -2.41. The van der Waals surface area contributed by atoms with Crippen molar-refractivity contribution in [3.05, 3.63) is 0 Å². The maximum atomic E-state index is 11.6. The van der Waals surface area contributed by atoms with Crippen LogP contribution in [0.2, 0.25) is 0 Å². The van der Waals surface area contributed by atoms with E-state index in [1.807, 2.05) is 13.8 Å². The molecule has 3 atom stereocenters. The van der Waals surface area contributed by atoms with Gasteiger partial charge in [-0.3, -0.25) is 4.79 Å². The first-order chi connectivity index (χ1) is 6.90. The Balaban J connectivity index is 2.29. The van der Waals surface area contributed by atoms with Crippen LogP contribution in [0.4, 0.5) is 0 Å². The van der Waals surface area contributed by atoms with Crippen LogP contribution < -0.4 is 0 Å². The predicted octanol–water partition coefficient (Wildman–Crippen LogP) is 0.985. The smallest absolute Gasteiger partial charge is 0.330 e. The second-order valence-electron chi connectivity index (χ2n) is 4.18. The van der Waals surface area contributed by atoms with Crippen LogP contribution in [0.3, 0.4) is 0 Å². The Morgan fingerprint density at radius 1 is 1.60 bits per heavy atom. The fraction of sp³-hybridized carbons (Fsp3) is 0.778. The number of rotatable bonds is 1. The first-order valence-electron chi connectivity index (χ1n) is 4.62. The van der Waals surface area contributed by atoms with Crippen molar-refractivity contribution in [2.24, 2.45) is 0 Å². The average Bonchev–Trinajstić information content (AvgIpc) is 2.45. The molecule has 15 heavy (non-hydrogen) atoms. The molecule has 2 aliphatic heterocycles. The monoisotopic (exact) mass is 293 g/mol. The number of methoxy groups -OCH3 is 1. The van der Waals surface area contributed by atoms with E-state index in [0.717, 1.165) is 0 Å². The quantitative estimate of drug-likeness (QED) is 0.411. The second kappa shape index (κ2) is 3.38. The Labute approximate surface area is 101 Å². The number of halogens is 1. The van der Waals surface area contributed by atoms with Crippen LogP contribution in [0, 0.1) is 0 Å². The Kier molecular flexibility index (Phi) is 2.54. The number of carbonyl (C=O) groups is 2. The van der Waals surface area contributed by atoms with Crippen LogP contribution >= 0.6 is 27.7 Å². The lowest BCUT2D eigenvalue weighted by molar-refractivity contribution is -0.158. The van der Waals surface area contributed by atoms with Gasteiger partial charge in [-0.05, 0) is 13.8 Å². The summed E-state index contributed by atoms with van der Waals surface area (Å²) in [6.07, 6.45) is 0. The molecule has 0 N–H and O–H groups in total. The molecule has 2 aliphatic rings. The van der Waals surface area contributed by atoms with E-state index in [0.29, 0.717) is 0 Å². The van der Waals surface area contributed by atoms with Crippen LogP contribution in [0.1, 0.15) is 13.8 Å². The van der Waals surface area contributed by atoms with Gasteiger partial charge in [-0.15, -0.1) is 11.8 Å². The fourth-order valence-corrected chi connectivity index (χ4v) is 4.41. The van der Waals surface area contributed by atoms with Crippen LogP contribution in [0.5, 0.6) is 0 Å². The minimum Gasteiger partial charge on any atom is -0.467 e. The standard InChI is InChI=1S/C9H12BrNO3S/c1-9(2)5(8(13)14-3)11-6(12)4(10)7(11)15-9/h4-5,7H,1-3H3/t4?,5-,7+/m0/s1. The minimum atomic E-state index is -0.459. The zero-order valence-electron chi connectivity index (χ0n) is 8.69. The van der Waals surface area contributed by atoms with Crippen LogP contribution in [-0.2, 0) is 14.3 Å². The van der Waals surface area contributed by atoms with Crippen molar-refractivity contribution in [3.63, 3.8) is 0 Å². The van der Waals surface area contributed by atoms with Gasteiger partial charge in [0.1, 0.15) is 16.2 Å². The number of ether oxygens (including phenoxy) is 1. The third-order valence-electron chi connectivity index (χ3n) is 2.80. The van der Waals surface area contributed by atoms with Gasteiger partial charge in [0.2, 0.25) is 5.91 Å². The van der Waals surface area contributed by atoms with E-state index in [4.69, 9.17) is 4.74 Å². The van der Waals surface area contributed by atoms with Crippen molar-refractivity contribution in [3.8, 4) is 0 Å². The Morgan fingerprint density at radius 3 is 2.73 bits per heavy atom. The summed E-state index contributed by atoms with van der Waals surface area (Å²) in [5.41, 5.74) is 0. The van der Waals surface area contributed by atoms with Gasteiger partial charge in [-0.25, -0.2) is 4.79 Å². The number of hydrogen-bond acceptors (Lipinski definition) is 4. The number of alkyl halides is 1. The first kappa shape index (κ1) is 11.3. The van der Waals surface area contributed by atoms with Crippen molar-refractivity contribution in [1.82, 2.24) is 4.90 Å². The van der Waals surface area contributed by atoms with Crippen molar-refractivity contribution in [1.29, 1.82) is 0 Å². The second-order valence-corrected chi connectivity index (χ2v) is 6.94. The van der Waals surface area contributed by atoms with Gasteiger partial charge in [0.05, 0.1) is 7.11 Å². The normalized spacial score (nSPS) is 37.2. The summed E-state index contributed by atoms with van der Waals surface area (Å²) in [5, 5.41) is 0.0663. The summed E-state index contributed by atoms with van der Waals surface area (Å²) >= 11 is 4.96. The highest BCUT2D eigenvalue weighted by Gasteiger charge is 2.63. The third kappa shape index (κ3) is 1.41. The van der Waals surface area contributed by atoms with Crippen LogP contribution in [-0.4, -0.2) is 44.9 Å². The molecule has 2 heterocycles. The van der Waals surface area contributed by atoms with Crippen LogP contribution in [0.25, 0.3) is 0 Å². The number of carbonyl (C=O) groups excluding carboxylic acids is 2. The molecule has 2 saturated heterocycles. The number of fused-ring (bicyclic) bond motifs is 1. The molecule has 1 amide bonds.